The second kappa shape index (κ2) is 6.47. The Kier molecular flexibility index (Phi) is 4.15. The summed E-state index contributed by atoms with van der Waals surface area (Å²) >= 11 is 0. The second-order valence-corrected chi connectivity index (χ2v) is 6.65. The highest BCUT2D eigenvalue weighted by Crippen LogP contribution is 2.37. The van der Waals surface area contributed by atoms with Gasteiger partial charge in [0, 0.05) is 17.6 Å². The van der Waals surface area contributed by atoms with Crippen LogP contribution >= 0.6 is 0 Å². The van der Waals surface area contributed by atoms with Gasteiger partial charge in [0.15, 0.2) is 0 Å². The molecule has 0 saturated heterocycles. The van der Waals surface area contributed by atoms with Crippen LogP contribution in [0.2, 0.25) is 0 Å². The number of aromatic nitrogens is 4. The van der Waals surface area contributed by atoms with E-state index in [2.05, 4.69) is 19.5 Å². The summed E-state index contributed by atoms with van der Waals surface area (Å²) < 4.78 is 7.76. The maximum Gasteiger partial charge on any atom is 0.139 e. The largest absolute Gasteiger partial charge is 0.385 e. The molecule has 1 fully saturated rings. The van der Waals surface area contributed by atoms with E-state index in [1.807, 2.05) is 18.3 Å². The van der Waals surface area contributed by atoms with Crippen LogP contribution in [-0.2, 0) is 4.74 Å². The first kappa shape index (κ1) is 16.1. The van der Waals surface area contributed by atoms with Crippen molar-refractivity contribution >= 4 is 22.1 Å². The highest BCUT2D eigenvalue weighted by atomic mass is 16.5. The number of ether oxygens (including phenoxy) is 1. The van der Waals surface area contributed by atoms with Gasteiger partial charge in [0.1, 0.15) is 29.7 Å². The Balaban J connectivity index is 1.74. The summed E-state index contributed by atoms with van der Waals surface area (Å²) in [5, 5.41) is 20.0. The molecule has 1 atom stereocenters. The fraction of sp³-hybridized carbons (Fsp3) is 0.500. The average Bonchev–Trinajstić information content (AvgIpc) is 3.24. The molecule has 1 aliphatic carbocycles. The minimum absolute atomic E-state index is 0.148. The predicted molar refractivity (Wildman–Crippen MR) is 92.9 cm³/mol. The zero-order valence-electron chi connectivity index (χ0n) is 14.1. The lowest BCUT2D eigenvalue weighted by Gasteiger charge is -2.30. The summed E-state index contributed by atoms with van der Waals surface area (Å²) in [7, 11) is 0. The van der Waals surface area contributed by atoms with E-state index >= 15 is 0 Å². The zero-order chi connectivity index (χ0) is 17.4. The molecule has 3 heterocycles. The molecule has 1 aliphatic rings. The fourth-order valence-corrected chi connectivity index (χ4v) is 3.90. The van der Waals surface area contributed by atoms with Crippen LogP contribution < -0.4 is 0 Å². The lowest BCUT2D eigenvalue weighted by molar-refractivity contribution is 0.0377. The summed E-state index contributed by atoms with van der Waals surface area (Å²) in [6, 6.07) is 4.31. The third-order valence-corrected chi connectivity index (χ3v) is 5.03. The molecule has 0 bridgehead atoms. The number of nitrogens with one attached hydrogen (secondary N) is 1. The lowest BCUT2D eigenvalue weighted by Crippen LogP contribution is -2.25. The molecule has 3 aromatic heterocycles. The van der Waals surface area contributed by atoms with Gasteiger partial charge in [-0.25, -0.2) is 9.97 Å². The molecule has 130 valence electrons. The topological polar surface area (TPSA) is 99.8 Å². The van der Waals surface area contributed by atoms with E-state index in [0.717, 1.165) is 47.8 Å². The van der Waals surface area contributed by atoms with Crippen molar-refractivity contribution in [2.75, 3.05) is 6.61 Å². The number of hydrogen-bond acceptors (Lipinski definition) is 5. The monoisotopic (exact) mass is 339 g/mol. The van der Waals surface area contributed by atoms with E-state index < -0.39 is 6.10 Å². The Morgan fingerprint density at radius 1 is 1.44 bits per heavy atom. The number of H-pyrrole nitrogens is 1. The van der Waals surface area contributed by atoms with E-state index in [4.69, 9.17) is 10.00 Å². The van der Waals surface area contributed by atoms with E-state index in [-0.39, 0.29) is 18.8 Å². The van der Waals surface area contributed by atoms with Gasteiger partial charge in [0.25, 0.3) is 0 Å². The van der Waals surface area contributed by atoms with Crippen molar-refractivity contribution in [1.29, 1.82) is 5.26 Å². The zero-order valence-corrected chi connectivity index (χ0v) is 14.1. The van der Waals surface area contributed by atoms with Crippen LogP contribution in [0.15, 0.2) is 18.5 Å². The number of rotatable bonds is 4. The third kappa shape index (κ3) is 2.77. The molecule has 2 N–H and O–H groups in total. The van der Waals surface area contributed by atoms with Crippen molar-refractivity contribution in [3.8, 4) is 6.07 Å². The SMILES string of the molecule is CC(O)c1nc2cnc3[nH]ccc3c2n1C1CCC(OCC#N)CC1. The van der Waals surface area contributed by atoms with Gasteiger partial charge < -0.3 is 19.4 Å². The van der Waals surface area contributed by atoms with Crippen LogP contribution in [0.1, 0.15) is 50.6 Å². The number of hydrogen-bond donors (Lipinski definition) is 2. The van der Waals surface area contributed by atoms with Crippen LogP contribution in [0.5, 0.6) is 0 Å². The molecule has 7 nitrogen and oxygen atoms in total. The number of aliphatic hydroxyl groups excluding tert-OH is 1. The molecular weight excluding hydrogens is 318 g/mol. The van der Waals surface area contributed by atoms with Crippen molar-refractivity contribution in [3.63, 3.8) is 0 Å². The van der Waals surface area contributed by atoms with Crippen LogP contribution in [0, 0.1) is 11.3 Å². The summed E-state index contributed by atoms with van der Waals surface area (Å²) in [5.74, 6) is 0.687. The van der Waals surface area contributed by atoms with Crippen LogP contribution in [0.25, 0.3) is 22.1 Å². The molecule has 3 aromatic rings. The normalized spacial score (nSPS) is 22.3. The highest BCUT2D eigenvalue weighted by molar-refractivity contribution is 6.01. The molecule has 1 saturated carbocycles. The van der Waals surface area contributed by atoms with Crippen molar-refractivity contribution in [3.05, 3.63) is 24.3 Å². The van der Waals surface area contributed by atoms with Gasteiger partial charge in [-0.2, -0.15) is 5.26 Å². The quantitative estimate of drug-likeness (QED) is 0.761. The van der Waals surface area contributed by atoms with Gasteiger partial charge in [0.2, 0.25) is 0 Å². The van der Waals surface area contributed by atoms with Gasteiger partial charge in [0.05, 0.1) is 23.9 Å². The van der Waals surface area contributed by atoms with E-state index in [0.29, 0.717) is 5.82 Å². The maximum atomic E-state index is 10.3. The van der Waals surface area contributed by atoms with Crippen LogP contribution in [0.3, 0.4) is 0 Å². The molecule has 4 rings (SSSR count). The Labute approximate surface area is 145 Å². The first-order chi connectivity index (χ1) is 12.2. The molecule has 1 unspecified atom stereocenters. The summed E-state index contributed by atoms with van der Waals surface area (Å²) in [5.41, 5.74) is 2.67. The summed E-state index contributed by atoms with van der Waals surface area (Å²) in [6.07, 6.45) is 6.84. The van der Waals surface area contributed by atoms with Gasteiger partial charge >= 0.3 is 0 Å². The number of nitriles is 1. The summed E-state index contributed by atoms with van der Waals surface area (Å²) in [4.78, 5) is 12.2. The number of pyridine rings is 1. The second-order valence-electron chi connectivity index (χ2n) is 6.65. The maximum absolute atomic E-state index is 10.3. The van der Waals surface area contributed by atoms with E-state index in [1.54, 1.807) is 13.1 Å². The smallest absolute Gasteiger partial charge is 0.139 e. The standard InChI is InChI=1S/C18H21N5O2/c1-11(24)18-22-15-10-21-17-14(6-8-20-17)16(15)23(18)12-2-4-13(5-3-12)25-9-7-19/h6,8,10-13,24H,2-5,9H2,1H3,(H,20,21). The first-order valence-corrected chi connectivity index (χ1v) is 8.69. The fourth-order valence-electron chi connectivity index (χ4n) is 3.90. The molecule has 0 aliphatic heterocycles. The molecule has 0 radical (unpaired) electrons. The Bertz CT molecular complexity index is 928. The Morgan fingerprint density at radius 2 is 2.24 bits per heavy atom. The Morgan fingerprint density at radius 3 is 2.96 bits per heavy atom. The molecular formula is C18H21N5O2. The third-order valence-electron chi connectivity index (χ3n) is 5.03. The molecule has 0 spiro atoms. The number of aliphatic hydroxyl groups is 1. The van der Waals surface area contributed by atoms with Gasteiger partial charge in [-0.05, 0) is 38.7 Å². The number of aromatic amines is 1. The minimum Gasteiger partial charge on any atom is -0.385 e. The number of nitrogens with zero attached hydrogens (tertiary/aromatic N) is 4. The number of fused-ring (bicyclic) bond motifs is 3. The highest BCUT2D eigenvalue weighted by Gasteiger charge is 2.28. The van der Waals surface area contributed by atoms with Crippen molar-refractivity contribution < 1.29 is 9.84 Å². The molecule has 0 amide bonds. The predicted octanol–water partition coefficient (Wildman–Crippen LogP) is 2.99. The minimum atomic E-state index is -0.644. The van der Waals surface area contributed by atoms with Crippen LogP contribution in [-0.4, -0.2) is 37.3 Å². The van der Waals surface area contributed by atoms with Crippen molar-refractivity contribution in [1.82, 2.24) is 19.5 Å². The van der Waals surface area contributed by atoms with Gasteiger partial charge in [-0.15, -0.1) is 0 Å². The Hall–Kier alpha value is -2.43. The average molecular weight is 339 g/mol. The van der Waals surface area contributed by atoms with Crippen molar-refractivity contribution in [2.24, 2.45) is 0 Å². The summed E-state index contributed by atoms with van der Waals surface area (Å²) in [6.45, 7) is 1.90. The van der Waals surface area contributed by atoms with E-state index in [1.165, 1.54) is 0 Å². The van der Waals surface area contributed by atoms with E-state index in [9.17, 15) is 5.11 Å². The van der Waals surface area contributed by atoms with Crippen molar-refractivity contribution in [2.45, 2.75) is 50.9 Å². The van der Waals surface area contributed by atoms with Gasteiger partial charge in [-0.1, -0.05) is 0 Å². The first-order valence-electron chi connectivity index (χ1n) is 8.69. The molecule has 25 heavy (non-hydrogen) atoms. The molecule has 7 heteroatoms. The lowest BCUT2D eigenvalue weighted by atomic mass is 9.92. The number of imidazole rings is 1. The molecule has 0 aromatic carbocycles. The van der Waals surface area contributed by atoms with Crippen LogP contribution in [0.4, 0.5) is 0 Å². The van der Waals surface area contributed by atoms with Gasteiger partial charge in [-0.3, -0.25) is 0 Å².